The lowest BCUT2D eigenvalue weighted by molar-refractivity contribution is -0.384. The van der Waals surface area contributed by atoms with E-state index in [9.17, 15) is 19.6 Å². The van der Waals surface area contributed by atoms with E-state index in [1.54, 1.807) is 6.92 Å². The Hall–Kier alpha value is -1.23. The standard InChI is InChI=1S/C9H12NO5P/c1-2-15-16(13,14)7-8-3-5-9(6-4-8)10(11)12/h3-6H,2,7H2,1H3,(H,13,14). The molecule has 1 rings (SSSR count). The molecule has 0 spiro atoms. The Balaban J connectivity index is 2.76. The van der Waals surface area contributed by atoms with E-state index in [-0.39, 0.29) is 18.5 Å². The summed E-state index contributed by atoms with van der Waals surface area (Å²) in [5.41, 5.74) is 0.484. The number of benzene rings is 1. The lowest BCUT2D eigenvalue weighted by Crippen LogP contribution is -1.94. The quantitative estimate of drug-likeness (QED) is 0.488. The van der Waals surface area contributed by atoms with Crippen molar-refractivity contribution >= 4 is 13.3 Å². The van der Waals surface area contributed by atoms with Crippen molar-refractivity contribution in [1.29, 1.82) is 0 Å². The zero-order chi connectivity index (χ0) is 12.2. The Morgan fingerprint density at radius 3 is 2.44 bits per heavy atom. The van der Waals surface area contributed by atoms with Gasteiger partial charge in [0, 0.05) is 12.1 Å². The predicted octanol–water partition coefficient (Wildman–Crippen LogP) is 2.32. The second kappa shape index (κ2) is 5.21. The van der Waals surface area contributed by atoms with Crippen LogP contribution in [0.5, 0.6) is 0 Å². The third-order valence-corrected chi connectivity index (χ3v) is 3.29. The first-order valence-electron chi connectivity index (χ1n) is 4.64. The molecule has 1 atom stereocenters. The summed E-state index contributed by atoms with van der Waals surface area (Å²) in [6.45, 7) is 1.78. The minimum Gasteiger partial charge on any atom is -0.324 e. The highest BCUT2D eigenvalue weighted by atomic mass is 31.2. The van der Waals surface area contributed by atoms with Crippen LogP contribution in [0.15, 0.2) is 24.3 Å². The lowest BCUT2D eigenvalue weighted by Gasteiger charge is -2.10. The van der Waals surface area contributed by atoms with Crippen molar-refractivity contribution in [2.75, 3.05) is 6.61 Å². The summed E-state index contributed by atoms with van der Waals surface area (Å²) in [5, 5.41) is 10.4. The molecule has 0 bridgehead atoms. The van der Waals surface area contributed by atoms with Crippen LogP contribution in [0, 0.1) is 10.1 Å². The monoisotopic (exact) mass is 245 g/mol. The van der Waals surface area contributed by atoms with Gasteiger partial charge < -0.3 is 9.42 Å². The van der Waals surface area contributed by atoms with Gasteiger partial charge in [-0.25, -0.2) is 0 Å². The molecule has 6 nitrogen and oxygen atoms in total. The number of rotatable bonds is 5. The maximum atomic E-state index is 11.4. The van der Waals surface area contributed by atoms with E-state index < -0.39 is 12.5 Å². The second-order valence-corrected chi connectivity index (χ2v) is 4.99. The fourth-order valence-corrected chi connectivity index (χ4v) is 2.37. The van der Waals surface area contributed by atoms with E-state index in [0.717, 1.165) is 0 Å². The van der Waals surface area contributed by atoms with Gasteiger partial charge in [-0.3, -0.25) is 14.7 Å². The molecule has 1 aromatic rings. The normalized spacial score (nSPS) is 14.4. The highest BCUT2D eigenvalue weighted by Gasteiger charge is 2.19. The van der Waals surface area contributed by atoms with Gasteiger partial charge in [0.15, 0.2) is 0 Å². The van der Waals surface area contributed by atoms with Crippen LogP contribution >= 0.6 is 7.60 Å². The summed E-state index contributed by atoms with van der Waals surface area (Å²) in [6, 6.07) is 5.47. The van der Waals surface area contributed by atoms with Gasteiger partial charge in [0.1, 0.15) is 0 Å². The van der Waals surface area contributed by atoms with Gasteiger partial charge in [0.25, 0.3) is 5.69 Å². The molecule has 0 aliphatic carbocycles. The molecule has 1 aromatic carbocycles. The van der Waals surface area contributed by atoms with Gasteiger partial charge in [-0.2, -0.15) is 0 Å². The molecule has 0 amide bonds. The van der Waals surface area contributed by atoms with Crippen LogP contribution in [0.1, 0.15) is 12.5 Å². The molecule has 0 heterocycles. The zero-order valence-electron chi connectivity index (χ0n) is 8.70. The second-order valence-electron chi connectivity index (χ2n) is 3.14. The topological polar surface area (TPSA) is 89.7 Å². The number of non-ortho nitro benzene ring substituents is 1. The summed E-state index contributed by atoms with van der Waals surface area (Å²) < 4.78 is 16.1. The maximum absolute atomic E-state index is 11.4. The van der Waals surface area contributed by atoms with E-state index in [2.05, 4.69) is 4.52 Å². The van der Waals surface area contributed by atoms with E-state index in [1.807, 2.05) is 0 Å². The van der Waals surface area contributed by atoms with Crippen LogP contribution in [-0.2, 0) is 15.3 Å². The summed E-state index contributed by atoms with van der Waals surface area (Å²) in [6.07, 6.45) is -0.140. The average Bonchev–Trinajstić information content (AvgIpc) is 2.17. The Bertz CT molecular complexity index is 416. The van der Waals surface area contributed by atoms with Crippen molar-refractivity contribution in [2.45, 2.75) is 13.1 Å². The van der Waals surface area contributed by atoms with Crippen molar-refractivity contribution in [3.8, 4) is 0 Å². The van der Waals surface area contributed by atoms with Crippen LogP contribution in [0.2, 0.25) is 0 Å². The van der Waals surface area contributed by atoms with Crippen LogP contribution in [0.3, 0.4) is 0 Å². The van der Waals surface area contributed by atoms with Gasteiger partial charge in [-0.1, -0.05) is 12.1 Å². The predicted molar refractivity (Wildman–Crippen MR) is 58.3 cm³/mol. The Labute approximate surface area is 92.5 Å². The molecule has 0 aliphatic rings. The minimum atomic E-state index is -3.62. The molecule has 0 saturated carbocycles. The molecule has 0 saturated heterocycles. The fourth-order valence-electron chi connectivity index (χ4n) is 1.20. The van der Waals surface area contributed by atoms with Gasteiger partial charge in [-0.15, -0.1) is 0 Å². The first-order chi connectivity index (χ1) is 7.44. The first-order valence-corrected chi connectivity index (χ1v) is 6.40. The number of nitro benzene ring substituents is 1. The maximum Gasteiger partial charge on any atom is 0.332 e. The Morgan fingerprint density at radius 2 is 2.00 bits per heavy atom. The molecule has 1 unspecified atom stereocenters. The summed E-state index contributed by atoms with van der Waals surface area (Å²) in [4.78, 5) is 19.2. The molecular formula is C9H12NO5P. The lowest BCUT2D eigenvalue weighted by atomic mass is 10.2. The van der Waals surface area contributed by atoms with Crippen molar-refractivity contribution in [3.63, 3.8) is 0 Å². The van der Waals surface area contributed by atoms with Gasteiger partial charge in [-0.05, 0) is 12.5 Å². The molecular weight excluding hydrogens is 233 g/mol. The summed E-state index contributed by atoms with van der Waals surface area (Å²) in [7, 11) is -3.62. The molecule has 88 valence electrons. The third-order valence-electron chi connectivity index (χ3n) is 1.86. The SMILES string of the molecule is CCOP(=O)(O)Cc1ccc([N+](=O)[O-])cc1. The van der Waals surface area contributed by atoms with Crippen LogP contribution < -0.4 is 0 Å². The van der Waals surface area contributed by atoms with Crippen molar-refractivity contribution in [3.05, 3.63) is 39.9 Å². The summed E-state index contributed by atoms with van der Waals surface area (Å²) >= 11 is 0. The minimum absolute atomic E-state index is 0.0482. The number of nitro groups is 1. The van der Waals surface area contributed by atoms with Crippen molar-refractivity contribution < 1.29 is 18.9 Å². The average molecular weight is 245 g/mol. The van der Waals surface area contributed by atoms with E-state index in [4.69, 9.17) is 0 Å². The summed E-state index contributed by atoms with van der Waals surface area (Å²) in [5.74, 6) is 0. The van der Waals surface area contributed by atoms with Gasteiger partial charge in [0.2, 0.25) is 0 Å². The highest BCUT2D eigenvalue weighted by Crippen LogP contribution is 2.45. The fraction of sp³-hybridized carbons (Fsp3) is 0.333. The van der Waals surface area contributed by atoms with E-state index in [1.165, 1.54) is 24.3 Å². The van der Waals surface area contributed by atoms with Crippen LogP contribution in [0.4, 0.5) is 5.69 Å². The molecule has 1 N–H and O–H groups in total. The van der Waals surface area contributed by atoms with Crippen LogP contribution in [-0.4, -0.2) is 16.4 Å². The number of nitrogens with zero attached hydrogens (tertiary/aromatic N) is 1. The molecule has 0 radical (unpaired) electrons. The van der Waals surface area contributed by atoms with Crippen molar-refractivity contribution in [2.24, 2.45) is 0 Å². The van der Waals surface area contributed by atoms with E-state index in [0.29, 0.717) is 5.56 Å². The zero-order valence-corrected chi connectivity index (χ0v) is 9.59. The highest BCUT2D eigenvalue weighted by molar-refractivity contribution is 7.51. The number of hydrogen-bond acceptors (Lipinski definition) is 4. The molecule has 0 aliphatic heterocycles. The Kier molecular flexibility index (Phi) is 4.18. The van der Waals surface area contributed by atoms with Gasteiger partial charge in [0.05, 0.1) is 17.7 Å². The molecule has 7 heteroatoms. The third kappa shape index (κ3) is 3.73. The van der Waals surface area contributed by atoms with Gasteiger partial charge >= 0.3 is 7.60 Å². The van der Waals surface area contributed by atoms with E-state index >= 15 is 0 Å². The Morgan fingerprint density at radius 1 is 1.44 bits per heavy atom. The first kappa shape index (κ1) is 12.8. The van der Waals surface area contributed by atoms with Crippen molar-refractivity contribution in [1.82, 2.24) is 0 Å². The molecule has 0 aromatic heterocycles. The molecule has 16 heavy (non-hydrogen) atoms. The smallest absolute Gasteiger partial charge is 0.324 e. The van der Waals surface area contributed by atoms with Crippen LogP contribution in [0.25, 0.3) is 0 Å². The number of hydrogen-bond donors (Lipinski definition) is 1. The molecule has 0 fully saturated rings. The largest absolute Gasteiger partial charge is 0.332 e.